The van der Waals surface area contributed by atoms with Crippen molar-refractivity contribution in [1.29, 1.82) is 0 Å². The van der Waals surface area contributed by atoms with Crippen LogP contribution in [-0.2, 0) is 33.3 Å². The van der Waals surface area contributed by atoms with Gasteiger partial charge in [0.2, 0.25) is 0 Å². The zero-order chi connectivity index (χ0) is 70.4. The van der Waals surface area contributed by atoms with Crippen LogP contribution in [0.3, 0.4) is 0 Å². The molecule has 0 rings (SSSR count). The number of allylic oxidation sites excluding steroid dienone is 8. The van der Waals surface area contributed by atoms with E-state index in [9.17, 15) is 19.5 Å². The Morgan fingerprint density at radius 3 is 0.835 bits per heavy atom. The molecule has 2 unspecified atom stereocenters. The van der Waals surface area contributed by atoms with Crippen LogP contribution in [0, 0.1) is 0 Å². The molecule has 0 aliphatic heterocycles. The largest absolute Gasteiger partial charge is 0.545 e. The van der Waals surface area contributed by atoms with E-state index in [4.69, 9.17) is 18.9 Å². The number of unbranched alkanes of at least 4 members (excludes halogenated alkanes) is 58. The van der Waals surface area contributed by atoms with Gasteiger partial charge in [-0.2, -0.15) is 0 Å². The van der Waals surface area contributed by atoms with E-state index >= 15 is 0 Å². The van der Waals surface area contributed by atoms with Gasteiger partial charge in [-0.05, 0) is 77.0 Å². The standard InChI is InChI=1S/C88H165NO8/c1-6-8-10-12-14-16-18-20-22-24-26-28-30-32-34-36-38-39-40-41-42-43-44-45-46-47-49-51-53-55-57-59-61-63-65-67-69-71-73-75-77-79-86(91)97-84(83-96-88(87(92)93)94-81-80-89(3,4)5)82-95-85(90)78-76-74-72-70-68-66-64-62-60-58-56-54-52-50-48-37-35-33-31-29-27-25-23-21-19-17-15-13-11-9-7-2/h18,20,24-27,30,32,84,88H,6-17,19,21-23,28-29,31,33-83H2,1-5H3/b20-18-,26-24-,27-25-,32-30-. The molecule has 0 saturated heterocycles. The van der Waals surface area contributed by atoms with Crippen molar-refractivity contribution >= 4 is 17.9 Å². The molecule has 0 aromatic heterocycles. The first-order valence-corrected chi connectivity index (χ1v) is 42.8. The van der Waals surface area contributed by atoms with E-state index in [1.165, 1.54) is 360 Å². The second-order valence-corrected chi connectivity index (χ2v) is 30.5. The molecule has 0 aromatic carbocycles. The predicted molar refractivity (Wildman–Crippen MR) is 417 cm³/mol. The van der Waals surface area contributed by atoms with Gasteiger partial charge in [0, 0.05) is 12.8 Å². The Balaban J connectivity index is 3.92. The molecular formula is C88H165NO8. The Hall–Kier alpha value is -2.75. The lowest BCUT2D eigenvalue weighted by atomic mass is 10.0. The average molecular weight is 1370 g/mol. The average Bonchev–Trinajstić information content (AvgIpc) is 3.27. The lowest BCUT2D eigenvalue weighted by Gasteiger charge is -2.26. The first kappa shape index (κ1) is 94.2. The van der Waals surface area contributed by atoms with Gasteiger partial charge in [-0.1, -0.05) is 396 Å². The Morgan fingerprint density at radius 2 is 0.557 bits per heavy atom. The smallest absolute Gasteiger partial charge is 0.306 e. The Kier molecular flexibility index (Phi) is 76.7. The number of nitrogens with zero attached hydrogens (tertiary/aromatic N) is 1. The third-order valence-corrected chi connectivity index (χ3v) is 19.5. The van der Waals surface area contributed by atoms with Crippen LogP contribution in [0.2, 0.25) is 0 Å². The van der Waals surface area contributed by atoms with Crippen molar-refractivity contribution in [1.82, 2.24) is 0 Å². The fraction of sp³-hybridized carbons (Fsp3) is 0.875. The maximum atomic E-state index is 13.0. The van der Waals surface area contributed by atoms with E-state index in [1.807, 2.05) is 21.1 Å². The zero-order valence-corrected chi connectivity index (χ0v) is 65.5. The fourth-order valence-corrected chi connectivity index (χ4v) is 13.0. The van der Waals surface area contributed by atoms with Crippen LogP contribution in [0.15, 0.2) is 48.6 Å². The normalized spacial score (nSPS) is 12.8. The van der Waals surface area contributed by atoms with Gasteiger partial charge in [0.15, 0.2) is 12.4 Å². The molecule has 0 aromatic rings. The van der Waals surface area contributed by atoms with Crippen LogP contribution in [0.5, 0.6) is 0 Å². The maximum absolute atomic E-state index is 13.0. The van der Waals surface area contributed by atoms with Crippen LogP contribution in [0.4, 0.5) is 0 Å². The quantitative estimate of drug-likeness (QED) is 0.0195. The van der Waals surface area contributed by atoms with Gasteiger partial charge in [0.1, 0.15) is 13.2 Å². The molecule has 0 amide bonds. The molecule has 0 aliphatic carbocycles. The van der Waals surface area contributed by atoms with E-state index < -0.39 is 24.3 Å². The summed E-state index contributed by atoms with van der Waals surface area (Å²) in [7, 11) is 5.96. The number of rotatable bonds is 81. The van der Waals surface area contributed by atoms with Crippen molar-refractivity contribution in [3.05, 3.63) is 48.6 Å². The summed E-state index contributed by atoms with van der Waals surface area (Å²) in [5.41, 5.74) is 0. The van der Waals surface area contributed by atoms with Gasteiger partial charge in [-0.25, -0.2) is 0 Å². The molecule has 9 heteroatoms. The summed E-state index contributed by atoms with van der Waals surface area (Å²) in [5.74, 6) is -2.25. The van der Waals surface area contributed by atoms with E-state index in [-0.39, 0.29) is 32.2 Å². The van der Waals surface area contributed by atoms with Crippen molar-refractivity contribution in [2.24, 2.45) is 0 Å². The molecule has 0 aliphatic rings. The van der Waals surface area contributed by atoms with E-state index in [0.29, 0.717) is 17.4 Å². The Labute approximate surface area is 603 Å². The fourth-order valence-electron chi connectivity index (χ4n) is 13.0. The molecular weight excluding hydrogens is 1200 g/mol. The number of esters is 2. The second-order valence-electron chi connectivity index (χ2n) is 30.5. The predicted octanol–water partition coefficient (Wildman–Crippen LogP) is 26.3. The van der Waals surface area contributed by atoms with Gasteiger partial charge in [0.05, 0.1) is 40.3 Å². The van der Waals surface area contributed by atoms with Gasteiger partial charge >= 0.3 is 11.9 Å². The SMILES string of the molecule is CCCCCCC/C=C\C/C=C\C/C=C\CCCCCCCCCCCCCCCCCCCCCCCCCCCCC(=O)OC(COC(=O)CCCCCCCCCCCCCCCCCCCCC/C=C\CCCCCCCCCC)COC(OCC[N+](C)(C)C)C(=O)[O-]. The molecule has 9 nitrogen and oxygen atoms in total. The number of likely N-dealkylation sites (N-methyl/N-ethyl adjacent to an activating group) is 1. The first-order chi connectivity index (χ1) is 47.6. The van der Waals surface area contributed by atoms with Gasteiger partial charge in [-0.3, -0.25) is 9.59 Å². The molecule has 0 fully saturated rings. The lowest BCUT2D eigenvalue weighted by Crippen LogP contribution is -2.44. The summed E-state index contributed by atoms with van der Waals surface area (Å²) in [5, 5.41) is 11.9. The molecule has 97 heavy (non-hydrogen) atoms. The van der Waals surface area contributed by atoms with Crippen molar-refractivity contribution in [3.63, 3.8) is 0 Å². The van der Waals surface area contributed by atoms with E-state index in [2.05, 4.69) is 62.5 Å². The van der Waals surface area contributed by atoms with Gasteiger partial charge < -0.3 is 33.3 Å². The Bertz CT molecular complexity index is 1730. The first-order valence-electron chi connectivity index (χ1n) is 42.8. The summed E-state index contributed by atoms with van der Waals surface area (Å²) in [4.78, 5) is 37.6. The lowest BCUT2D eigenvalue weighted by molar-refractivity contribution is -0.870. The Morgan fingerprint density at radius 1 is 0.309 bits per heavy atom. The monoisotopic (exact) mass is 1360 g/mol. The minimum Gasteiger partial charge on any atom is -0.545 e. The molecule has 0 radical (unpaired) electrons. The van der Waals surface area contributed by atoms with Crippen LogP contribution in [0.1, 0.15) is 438 Å². The second kappa shape index (κ2) is 79.0. The number of carboxylic acids is 1. The van der Waals surface area contributed by atoms with E-state index in [1.54, 1.807) is 0 Å². The topological polar surface area (TPSA) is 111 Å². The molecule has 0 heterocycles. The molecule has 0 bridgehead atoms. The highest BCUT2D eigenvalue weighted by molar-refractivity contribution is 5.70. The number of hydrogen-bond donors (Lipinski definition) is 0. The minimum atomic E-state index is -1.62. The number of aliphatic carboxylic acids is 1. The molecule has 0 spiro atoms. The number of quaternary nitrogens is 1. The number of hydrogen-bond acceptors (Lipinski definition) is 8. The van der Waals surface area contributed by atoms with Gasteiger partial charge in [-0.15, -0.1) is 0 Å². The van der Waals surface area contributed by atoms with Gasteiger partial charge in [0.25, 0.3) is 0 Å². The van der Waals surface area contributed by atoms with Crippen molar-refractivity contribution in [3.8, 4) is 0 Å². The summed E-state index contributed by atoms with van der Waals surface area (Å²) in [6, 6.07) is 0. The summed E-state index contributed by atoms with van der Waals surface area (Å²) >= 11 is 0. The molecule has 2 atom stereocenters. The summed E-state index contributed by atoms with van der Waals surface area (Å²) < 4.78 is 22.9. The highest BCUT2D eigenvalue weighted by atomic mass is 16.7. The minimum absolute atomic E-state index is 0.151. The van der Waals surface area contributed by atoms with Crippen molar-refractivity contribution in [2.75, 3.05) is 47.5 Å². The zero-order valence-electron chi connectivity index (χ0n) is 65.5. The maximum Gasteiger partial charge on any atom is 0.306 e. The highest BCUT2D eigenvalue weighted by Gasteiger charge is 2.22. The number of carbonyl (C=O) groups is 3. The molecule has 0 saturated carbocycles. The van der Waals surface area contributed by atoms with Crippen molar-refractivity contribution < 1.29 is 42.9 Å². The van der Waals surface area contributed by atoms with Crippen LogP contribution >= 0.6 is 0 Å². The molecule has 570 valence electrons. The van der Waals surface area contributed by atoms with E-state index in [0.717, 1.165) is 51.4 Å². The van der Waals surface area contributed by atoms with Crippen LogP contribution < -0.4 is 5.11 Å². The summed E-state index contributed by atoms with van der Waals surface area (Å²) in [6.07, 6.45) is 101. The third-order valence-electron chi connectivity index (χ3n) is 19.5. The van der Waals surface area contributed by atoms with Crippen molar-refractivity contribution in [2.45, 2.75) is 450 Å². The van der Waals surface area contributed by atoms with Crippen LogP contribution in [-0.4, -0.2) is 82.3 Å². The van der Waals surface area contributed by atoms with Crippen LogP contribution in [0.25, 0.3) is 0 Å². The number of carbonyl (C=O) groups excluding carboxylic acids is 3. The molecule has 0 N–H and O–H groups in total. The third kappa shape index (κ3) is 80.4. The number of carboxylic acid groups (broad SMARTS) is 1. The summed E-state index contributed by atoms with van der Waals surface area (Å²) in [6.45, 7) is 4.82. The highest BCUT2D eigenvalue weighted by Crippen LogP contribution is 2.20. The number of ether oxygens (including phenoxy) is 4.